The van der Waals surface area contributed by atoms with Gasteiger partial charge in [-0.25, -0.2) is 4.79 Å². The Balaban J connectivity index is 3.17. The summed E-state index contributed by atoms with van der Waals surface area (Å²) >= 11 is 0. The minimum Gasteiger partial charge on any atom is -0.465 e. The van der Waals surface area contributed by atoms with E-state index in [4.69, 9.17) is 0 Å². The molecule has 1 amide bonds. The van der Waals surface area contributed by atoms with Crippen LogP contribution in [0.15, 0.2) is 18.5 Å². The molecule has 0 aliphatic carbocycles. The van der Waals surface area contributed by atoms with Gasteiger partial charge in [-0.3, -0.25) is 9.78 Å². The quantitative estimate of drug-likeness (QED) is 0.676. The van der Waals surface area contributed by atoms with E-state index < -0.39 is 5.97 Å². The molecule has 0 aromatic carbocycles. The van der Waals surface area contributed by atoms with Crippen LogP contribution in [0.2, 0.25) is 0 Å². The normalized spacial score (nSPS) is 9.53. The van der Waals surface area contributed by atoms with Crippen molar-refractivity contribution in [3.63, 3.8) is 0 Å². The molecule has 0 aliphatic rings. The molecule has 80 valence electrons. The Kier molecular flexibility index (Phi) is 3.38. The van der Waals surface area contributed by atoms with Crippen LogP contribution in [0, 0.1) is 0 Å². The highest BCUT2D eigenvalue weighted by atomic mass is 16.5. The monoisotopic (exact) mass is 208 g/mol. The number of carbonyl (C=O) groups excluding carboxylic acids is 2. The lowest BCUT2D eigenvalue weighted by Gasteiger charge is -2.16. The number of hydrogen-bond donors (Lipinski definition) is 0. The number of esters is 1. The fourth-order valence-electron chi connectivity index (χ4n) is 1.11. The predicted molar refractivity (Wildman–Crippen MR) is 54.7 cm³/mol. The first-order valence-electron chi connectivity index (χ1n) is 4.34. The van der Waals surface area contributed by atoms with Gasteiger partial charge >= 0.3 is 5.97 Å². The Morgan fingerprint density at radius 3 is 2.67 bits per heavy atom. The number of methoxy groups -OCH3 is 1. The molecule has 15 heavy (non-hydrogen) atoms. The molecule has 1 aromatic rings. The van der Waals surface area contributed by atoms with Crippen molar-refractivity contribution in [1.82, 2.24) is 4.98 Å². The van der Waals surface area contributed by atoms with Crippen LogP contribution in [0.1, 0.15) is 17.3 Å². The molecule has 0 radical (unpaired) electrons. The minimum absolute atomic E-state index is 0.173. The summed E-state index contributed by atoms with van der Waals surface area (Å²) in [6.07, 6.45) is 2.93. The van der Waals surface area contributed by atoms with E-state index >= 15 is 0 Å². The molecule has 0 saturated carbocycles. The van der Waals surface area contributed by atoms with Crippen molar-refractivity contribution in [3.05, 3.63) is 24.0 Å². The number of anilines is 1. The second-order valence-corrected chi connectivity index (χ2v) is 2.96. The van der Waals surface area contributed by atoms with Gasteiger partial charge in [0, 0.05) is 20.2 Å². The highest BCUT2D eigenvalue weighted by Crippen LogP contribution is 2.18. The maximum Gasteiger partial charge on any atom is 0.340 e. The van der Waals surface area contributed by atoms with Crippen LogP contribution in [0.4, 0.5) is 5.69 Å². The van der Waals surface area contributed by atoms with Crippen LogP contribution in [0.3, 0.4) is 0 Å². The van der Waals surface area contributed by atoms with Crippen molar-refractivity contribution >= 4 is 17.6 Å². The third-order valence-electron chi connectivity index (χ3n) is 2.04. The molecular formula is C10H12N2O3. The van der Waals surface area contributed by atoms with Gasteiger partial charge in [-0.1, -0.05) is 0 Å². The third-order valence-corrected chi connectivity index (χ3v) is 2.04. The zero-order valence-electron chi connectivity index (χ0n) is 8.85. The maximum absolute atomic E-state index is 11.4. The summed E-state index contributed by atoms with van der Waals surface area (Å²) in [5, 5.41) is 0. The lowest BCUT2D eigenvalue weighted by molar-refractivity contribution is -0.116. The standard InChI is InChI=1S/C10H12N2O3/c1-7(13)12(2)9-6-11-5-4-8(9)10(14)15-3/h4-6H,1-3H3. The number of hydrogen-bond acceptors (Lipinski definition) is 4. The van der Waals surface area contributed by atoms with E-state index in [1.165, 1.54) is 37.4 Å². The summed E-state index contributed by atoms with van der Waals surface area (Å²) in [5.74, 6) is -0.659. The van der Waals surface area contributed by atoms with E-state index in [0.29, 0.717) is 11.3 Å². The Bertz CT molecular complexity index is 390. The van der Waals surface area contributed by atoms with Gasteiger partial charge in [-0.15, -0.1) is 0 Å². The summed E-state index contributed by atoms with van der Waals surface area (Å²) < 4.78 is 4.60. The minimum atomic E-state index is -0.486. The van der Waals surface area contributed by atoms with Gasteiger partial charge in [0.1, 0.15) is 0 Å². The molecule has 0 aliphatic heterocycles. The Morgan fingerprint density at radius 2 is 2.13 bits per heavy atom. The van der Waals surface area contributed by atoms with E-state index in [9.17, 15) is 9.59 Å². The molecule has 5 heteroatoms. The van der Waals surface area contributed by atoms with Crippen molar-refractivity contribution < 1.29 is 14.3 Å². The zero-order chi connectivity index (χ0) is 11.4. The molecule has 0 N–H and O–H groups in total. The van der Waals surface area contributed by atoms with Gasteiger partial charge in [0.25, 0.3) is 0 Å². The Morgan fingerprint density at radius 1 is 1.47 bits per heavy atom. The van der Waals surface area contributed by atoms with Crippen molar-refractivity contribution in [2.45, 2.75) is 6.92 Å². The fourth-order valence-corrected chi connectivity index (χ4v) is 1.11. The van der Waals surface area contributed by atoms with Crippen LogP contribution in [0.5, 0.6) is 0 Å². The van der Waals surface area contributed by atoms with Gasteiger partial charge in [-0.05, 0) is 6.07 Å². The molecule has 0 spiro atoms. The second-order valence-electron chi connectivity index (χ2n) is 2.96. The Labute approximate surface area is 87.7 Å². The first kappa shape index (κ1) is 11.2. The highest BCUT2D eigenvalue weighted by molar-refractivity contribution is 6.01. The van der Waals surface area contributed by atoms with Gasteiger partial charge < -0.3 is 9.64 Å². The Hall–Kier alpha value is -1.91. The number of pyridine rings is 1. The summed E-state index contributed by atoms with van der Waals surface area (Å²) in [7, 11) is 2.87. The van der Waals surface area contributed by atoms with E-state index in [0.717, 1.165) is 0 Å². The van der Waals surface area contributed by atoms with Crippen LogP contribution in [0.25, 0.3) is 0 Å². The van der Waals surface area contributed by atoms with Crippen molar-refractivity contribution in [1.29, 1.82) is 0 Å². The lowest BCUT2D eigenvalue weighted by Crippen LogP contribution is -2.25. The molecule has 5 nitrogen and oxygen atoms in total. The van der Waals surface area contributed by atoms with E-state index in [1.54, 1.807) is 7.05 Å². The third kappa shape index (κ3) is 2.31. The first-order valence-corrected chi connectivity index (χ1v) is 4.34. The molecule has 1 heterocycles. The topological polar surface area (TPSA) is 59.5 Å². The highest BCUT2D eigenvalue weighted by Gasteiger charge is 2.16. The number of ether oxygens (including phenoxy) is 1. The zero-order valence-corrected chi connectivity index (χ0v) is 8.85. The largest absolute Gasteiger partial charge is 0.465 e. The molecule has 0 unspecified atom stereocenters. The fraction of sp³-hybridized carbons (Fsp3) is 0.300. The second kappa shape index (κ2) is 4.54. The van der Waals surface area contributed by atoms with Gasteiger partial charge in [0.15, 0.2) is 0 Å². The van der Waals surface area contributed by atoms with Crippen LogP contribution >= 0.6 is 0 Å². The molecule has 0 bridgehead atoms. The van der Waals surface area contributed by atoms with E-state index in [1.807, 2.05) is 0 Å². The summed E-state index contributed by atoms with van der Waals surface area (Å²) in [5.41, 5.74) is 0.766. The van der Waals surface area contributed by atoms with Crippen LogP contribution in [-0.4, -0.2) is 31.0 Å². The van der Waals surface area contributed by atoms with Crippen LogP contribution < -0.4 is 4.90 Å². The summed E-state index contributed by atoms with van der Waals surface area (Å²) in [4.78, 5) is 27.7. The number of nitrogens with zero attached hydrogens (tertiary/aromatic N) is 2. The van der Waals surface area contributed by atoms with Gasteiger partial charge in [-0.2, -0.15) is 0 Å². The van der Waals surface area contributed by atoms with E-state index in [2.05, 4.69) is 9.72 Å². The maximum atomic E-state index is 11.4. The number of amides is 1. The van der Waals surface area contributed by atoms with Crippen LogP contribution in [-0.2, 0) is 9.53 Å². The van der Waals surface area contributed by atoms with Crippen molar-refractivity contribution in [3.8, 4) is 0 Å². The number of carbonyl (C=O) groups is 2. The molecule has 1 aromatic heterocycles. The van der Waals surface area contributed by atoms with Crippen molar-refractivity contribution in [2.24, 2.45) is 0 Å². The predicted octanol–water partition coefficient (Wildman–Crippen LogP) is 0.851. The molecule has 0 atom stereocenters. The number of aromatic nitrogens is 1. The van der Waals surface area contributed by atoms with Gasteiger partial charge in [0.05, 0.1) is 24.6 Å². The summed E-state index contributed by atoms with van der Waals surface area (Å²) in [6.45, 7) is 1.41. The molecule has 1 rings (SSSR count). The summed E-state index contributed by atoms with van der Waals surface area (Å²) in [6, 6.07) is 1.51. The van der Waals surface area contributed by atoms with Crippen molar-refractivity contribution in [2.75, 3.05) is 19.1 Å². The molecule has 0 fully saturated rings. The average Bonchev–Trinajstić information content (AvgIpc) is 2.27. The molecule has 0 saturated heterocycles. The first-order chi connectivity index (χ1) is 7.07. The smallest absolute Gasteiger partial charge is 0.340 e. The number of rotatable bonds is 2. The average molecular weight is 208 g/mol. The molecular weight excluding hydrogens is 196 g/mol. The van der Waals surface area contributed by atoms with E-state index in [-0.39, 0.29) is 5.91 Å². The lowest BCUT2D eigenvalue weighted by atomic mass is 10.2. The van der Waals surface area contributed by atoms with Gasteiger partial charge in [0.2, 0.25) is 5.91 Å². The SMILES string of the molecule is COC(=O)c1ccncc1N(C)C(C)=O.